The first-order chi connectivity index (χ1) is 9.40. The summed E-state index contributed by atoms with van der Waals surface area (Å²) in [5, 5.41) is 0.697. The molecule has 0 aliphatic rings. The Labute approximate surface area is 126 Å². The van der Waals surface area contributed by atoms with Crippen molar-refractivity contribution in [2.24, 2.45) is 5.73 Å². The molecule has 1 heterocycles. The minimum atomic E-state index is -4.36. The first-order valence-corrected chi connectivity index (χ1v) is 7.20. The number of pyridine rings is 1. The Hall–Kier alpha value is -1.05. The van der Waals surface area contributed by atoms with Gasteiger partial charge in [-0.1, -0.05) is 11.8 Å². The van der Waals surface area contributed by atoms with Crippen molar-refractivity contribution in [3.8, 4) is 0 Å². The van der Waals surface area contributed by atoms with Gasteiger partial charge in [-0.2, -0.15) is 13.2 Å². The quantitative estimate of drug-likeness (QED) is 0.875. The summed E-state index contributed by atoms with van der Waals surface area (Å²) in [6, 6.07) is 7.18. The summed E-state index contributed by atoms with van der Waals surface area (Å²) in [7, 11) is 0. The van der Waals surface area contributed by atoms with Gasteiger partial charge in [0.25, 0.3) is 0 Å². The molecule has 0 saturated heterocycles. The van der Waals surface area contributed by atoms with Crippen molar-refractivity contribution in [2.45, 2.75) is 22.6 Å². The van der Waals surface area contributed by atoms with E-state index < -0.39 is 11.7 Å². The van der Waals surface area contributed by atoms with Crippen molar-refractivity contribution in [3.05, 3.63) is 52.1 Å². The molecule has 0 amide bonds. The van der Waals surface area contributed by atoms with Gasteiger partial charge >= 0.3 is 6.18 Å². The molecule has 2 N–H and O–H groups in total. The highest BCUT2D eigenvalue weighted by Gasteiger charge is 2.30. The topological polar surface area (TPSA) is 38.9 Å². The molecule has 0 unspecified atom stereocenters. The van der Waals surface area contributed by atoms with Gasteiger partial charge in [0.2, 0.25) is 0 Å². The highest BCUT2D eigenvalue weighted by atomic mass is 79.9. The van der Waals surface area contributed by atoms with Gasteiger partial charge in [-0.25, -0.2) is 4.98 Å². The van der Waals surface area contributed by atoms with E-state index in [1.165, 1.54) is 17.8 Å². The monoisotopic (exact) mass is 362 g/mol. The van der Waals surface area contributed by atoms with Gasteiger partial charge in [-0.15, -0.1) is 0 Å². The van der Waals surface area contributed by atoms with Crippen molar-refractivity contribution >= 4 is 27.7 Å². The summed E-state index contributed by atoms with van der Waals surface area (Å²) in [4.78, 5) is 4.85. The molecule has 7 heteroatoms. The summed E-state index contributed by atoms with van der Waals surface area (Å²) < 4.78 is 38.8. The number of halogens is 4. The maximum atomic E-state index is 12.6. The van der Waals surface area contributed by atoms with Crippen LogP contribution in [-0.2, 0) is 12.7 Å². The number of nitrogens with two attached hydrogens (primary N) is 1. The van der Waals surface area contributed by atoms with Crippen LogP contribution in [0.3, 0.4) is 0 Å². The van der Waals surface area contributed by atoms with Gasteiger partial charge < -0.3 is 5.73 Å². The third kappa shape index (κ3) is 3.74. The standard InChI is InChI=1S/C13H10BrF3N2S/c14-10-2-4-12(19-7-10)20-11-3-1-9(13(15,16)17)5-8(11)6-18/h1-5,7H,6,18H2. The predicted octanol–water partition coefficient (Wildman–Crippen LogP) is 4.47. The van der Waals surface area contributed by atoms with Crippen molar-refractivity contribution in [3.63, 3.8) is 0 Å². The molecule has 1 aromatic carbocycles. The molecule has 0 bridgehead atoms. The Morgan fingerprint density at radius 3 is 2.50 bits per heavy atom. The minimum absolute atomic E-state index is 0.0444. The largest absolute Gasteiger partial charge is 0.416 e. The lowest BCUT2D eigenvalue weighted by Crippen LogP contribution is -2.07. The molecule has 0 atom stereocenters. The molecule has 0 fully saturated rings. The zero-order chi connectivity index (χ0) is 14.8. The van der Waals surface area contributed by atoms with E-state index in [0.29, 0.717) is 15.5 Å². The first-order valence-electron chi connectivity index (χ1n) is 5.60. The second-order valence-corrected chi connectivity index (χ2v) is 5.92. The molecule has 0 radical (unpaired) electrons. The molecule has 0 aliphatic carbocycles. The minimum Gasteiger partial charge on any atom is -0.326 e. The Kier molecular flexibility index (Phi) is 4.72. The molecular weight excluding hydrogens is 353 g/mol. The van der Waals surface area contributed by atoms with Crippen LogP contribution >= 0.6 is 27.7 Å². The number of hydrogen-bond donors (Lipinski definition) is 1. The van der Waals surface area contributed by atoms with Gasteiger partial charge in [-0.3, -0.25) is 0 Å². The summed E-state index contributed by atoms with van der Waals surface area (Å²) in [5.41, 5.74) is 5.30. The molecule has 1 aromatic heterocycles. The molecular formula is C13H10BrF3N2S. The van der Waals surface area contributed by atoms with Crippen molar-refractivity contribution in [1.29, 1.82) is 0 Å². The van der Waals surface area contributed by atoms with E-state index in [4.69, 9.17) is 5.73 Å². The zero-order valence-electron chi connectivity index (χ0n) is 10.1. The number of hydrogen-bond acceptors (Lipinski definition) is 3. The van der Waals surface area contributed by atoms with E-state index in [1.54, 1.807) is 12.3 Å². The molecule has 0 spiro atoms. The smallest absolute Gasteiger partial charge is 0.326 e. The first kappa shape index (κ1) is 15.3. The van der Waals surface area contributed by atoms with Crippen LogP contribution in [0.1, 0.15) is 11.1 Å². The van der Waals surface area contributed by atoms with Gasteiger partial charge in [-0.05, 0) is 51.8 Å². The fourth-order valence-electron chi connectivity index (χ4n) is 1.55. The lowest BCUT2D eigenvalue weighted by molar-refractivity contribution is -0.137. The SMILES string of the molecule is NCc1cc(C(F)(F)F)ccc1Sc1ccc(Br)cn1. The Bertz CT molecular complexity index is 600. The summed E-state index contributed by atoms with van der Waals surface area (Å²) in [6.45, 7) is 0.0444. The van der Waals surface area contributed by atoms with Crippen LogP contribution in [0.2, 0.25) is 0 Å². The second kappa shape index (κ2) is 6.15. The summed E-state index contributed by atoms with van der Waals surface area (Å²) in [6.07, 6.45) is -2.72. The lowest BCUT2D eigenvalue weighted by atomic mass is 10.1. The van der Waals surface area contributed by atoms with Crippen LogP contribution in [-0.4, -0.2) is 4.98 Å². The van der Waals surface area contributed by atoms with E-state index >= 15 is 0 Å². The number of alkyl halides is 3. The number of nitrogens with zero attached hydrogens (tertiary/aromatic N) is 1. The average Bonchev–Trinajstić information content (AvgIpc) is 2.40. The molecule has 0 saturated carbocycles. The summed E-state index contributed by atoms with van der Waals surface area (Å²) >= 11 is 4.56. The van der Waals surface area contributed by atoms with Crippen LogP contribution < -0.4 is 5.73 Å². The normalized spacial score (nSPS) is 11.7. The second-order valence-electron chi connectivity index (χ2n) is 3.94. The van der Waals surface area contributed by atoms with Crippen LogP contribution in [0.25, 0.3) is 0 Å². The zero-order valence-corrected chi connectivity index (χ0v) is 12.5. The van der Waals surface area contributed by atoms with E-state index in [0.717, 1.165) is 16.6 Å². The maximum Gasteiger partial charge on any atom is 0.416 e. The molecule has 106 valence electrons. The molecule has 2 aromatic rings. The van der Waals surface area contributed by atoms with Gasteiger partial charge in [0, 0.05) is 22.1 Å². The lowest BCUT2D eigenvalue weighted by Gasteiger charge is -2.12. The van der Waals surface area contributed by atoms with Crippen molar-refractivity contribution < 1.29 is 13.2 Å². The highest BCUT2D eigenvalue weighted by molar-refractivity contribution is 9.10. The van der Waals surface area contributed by atoms with E-state index in [2.05, 4.69) is 20.9 Å². The van der Waals surface area contributed by atoms with E-state index in [1.807, 2.05) is 6.07 Å². The Balaban J connectivity index is 2.30. The number of aromatic nitrogens is 1. The average molecular weight is 363 g/mol. The molecule has 2 nitrogen and oxygen atoms in total. The van der Waals surface area contributed by atoms with E-state index in [9.17, 15) is 13.2 Å². The predicted molar refractivity (Wildman–Crippen MR) is 75.4 cm³/mol. The fourth-order valence-corrected chi connectivity index (χ4v) is 2.66. The van der Waals surface area contributed by atoms with Gasteiger partial charge in [0.15, 0.2) is 0 Å². The highest BCUT2D eigenvalue weighted by Crippen LogP contribution is 2.35. The van der Waals surface area contributed by atoms with Crippen molar-refractivity contribution in [2.75, 3.05) is 0 Å². The Morgan fingerprint density at radius 1 is 1.20 bits per heavy atom. The van der Waals surface area contributed by atoms with E-state index in [-0.39, 0.29) is 6.54 Å². The van der Waals surface area contributed by atoms with Crippen LogP contribution in [0, 0.1) is 0 Å². The maximum absolute atomic E-state index is 12.6. The fraction of sp³-hybridized carbons (Fsp3) is 0.154. The van der Waals surface area contributed by atoms with Crippen LogP contribution in [0.5, 0.6) is 0 Å². The summed E-state index contributed by atoms with van der Waals surface area (Å²) in [5.74, 6) is 0. The molecule has 20 heavy (non-hydrogen) atoms. The van der Waals surface area contributed by atoms with Crippen molar-refractivity contribution in [1.82, 2.24) is 4.98 Å². The van der Waals surface area contributed by atoms with Gasteiger partial charge in [0.05, 0.1) is 5.56 Å². The molecule has 2 rings (SSSR count). The molecule has 0 aliphatic heterocycles. The van der Waals surface area contributed by atoms with Crippen LogP contribution in [0.15, 0.2) is 50.9 Å². The van der Waals surface area contributed by atoms with Crippen LogP contribution in [0.4, 0.5) is 13.2 Å². The third-order valence-electron chi connectivity index (χ3n) is 2.52. The Morgan fingerprint density at radius 2 is 1.95 bits per heavy atom. The van der Waals surface area contributed by atoms with Gasteiger partial charge in [0.1, 0.15) is 5.03 Å². The third-order valence-corrected chi connectivity index (χ3v) is 4.06. The number of rotatable bonds is 3. The number of benzene rings is 1.